The molecule has 17 nitrogen and oxygen atoms in total. The topological polar surface area (TPSA) is 238 Å². The summed E-state index contributed by atoms with van der Waals surface area (Å²) in [7, 11) is -4.24. The standard InChI is InChI=1S/C60H80N6O7S.2C2HF3O2/c1-59(2)48-28-13-15-30-50(48)65(52(59)32-10-7-11-33-53-60(3,4)49-29-14-16-31-51(49)66(53)41-22-23-43-74(70,71)72)40-21-8-12-34-54(67)61-35-17-5-6-18-36-62-55-56(58(69)57(55)68)63-37-25-42-73-47-27-24-26-46(44-47)45-64-38-19-9-20-39-64;2*3-2(4,5)1(6)7/h7,10-11,13-16,24,26-33,44H,5-6,8-9,12,17-23,25,34-43,45H2,1-4H3,(H3-,61,62,63,67,68,69,70,71,72);2*(H,6,7). The minimum absolute atomic E-state index is 0.0862. The summed E-state index contributed by atoms with van der Waals surface area (Å²) in [6, 6.07) is 25.2. The first kappa shape index (κ1) is 71.4. The molecule has 3 aliphatic rings. The van der Waals surface area contributed by atoms with Crippen LogP contribution in [0.1, 0.15) is 134 Å². The number of fused-ring (bicyclic) bond motifs is 2. The Bertz CT molecular complexity index is 3260. The normalized spacial score (nSPS) is 16.0. The third kappa shape index (κ3) is 21.8. The van der Waals surface area contributed by atoms with Gasteiger partial charge in [0.25, 0.3) is 10.9 Å². The highest BCUT2D eigenvalue weighted by Gasteiger charge is 2.44. The predicted octanol–water partition coefficient (Wildman–Crippen LogP) is 11.3. The average Bonchev–Trinajstić information content (AvgIpc) is 1.78. The summed E-state index contributed by atoms with van der Waals surface area (Å²) in [6.45, 7) is 16.0. The highest BCUT2D eigenvalue weighted by molar-refractivity contribution is 7.85. The Balaban J connectivity index is 0.000000899. The molecule has 24 heteroatoms. The lowest BCUT2D eigenvalue weighted by atomic mass is 9.81. The van der Waals surface area contributed by atoms with Gasteiger partial charge < -0.3 is 40.4 Å². The third-order valence-electron chi connectivity index (χ3n) is 15.4. The van der Waals surface area contributed by atoms with Gasteiger partial charge >= 0.3 is 24.3 Å². The van der Waals surface area contributed by atoms with Crippen LogP contribution in [-0.2, 0) is 41.9 Å². The van der Waals surface area contributed by atoms with Crippen molar-refractivity contribution in [3.63, 3.8) is 0 Å². The fraction of sp³-hybridized carbons (Fsp3) is 0.500. The molecule has 0 unspecified atom stereocenters. The maximum absolute atomic E-state index is 12.7. The first-order valence-electron chi connectivity index (χ1n) is 29.8. The summed E-state index contributed by atoms with van der Waals surface area (Å²) in [4.78, 5) is 59.9. The molecule has 5 N–H and O–H groups in total. The van der Waals surface area contributed by atoms with Crippen molar-refractivity contribution >= 4 is 56.4 Å². The van der Waals surface area contributed by atoms with Crippen molar-refractivity contribution in [2.75, 3.05) is 73.7 Å². The van der Waals surface area contributed by atoms with Gasteiger partial charge in [0, 0.05) is 85.8 Å². The molecule has 3 aliphatic heterocycles. The van der Waals surface area contributed by atoms with Crippen LogP contribution in [0, 0.1) is 0 Å². The Hall–Kier alpha value is -7.31. The molecule has 0 radical (unpaired) electrons. The first-order chi connectivity index (χ1) is 41.5. The number of para-hydroxylation sites is 2. The van der Waals surface area contributed by atoms with Crippen molar-refractivity contribution in [1.82, 2.24) is 10.2 Å². The number of benzene rings is 3. The number of nitrogens with one attached hydrogen (secondary N) is 3. The van der Waals surface area contributed by atoms with E-state index in [-0.39, 0.29) is 22.5 Å². The number of allylic oxidation sites excluding steroid dienone is 6. The van der Waals surface area contributed by atoms with Gasteiger partial charge in [-0.05, 0) is 120 Å². The second kappa shape index (κ2) is 33.3. The minimum Gasteiger partial charge on any atom is -0.748 e. The second-order valence-electron chi connectivity index (χ2n) is 22.9. The van der Waals surface area contributed by atoms with E-state index in [0.717, 1.165) is 88.3 Å². The van der Waals surface area contributed by atoms with Gasteiger partial charge in [-0.15, -0.1) is 0 Å². The molecule has 0 bridgehead atoms. The molecule has 3 heterocycles. The Kier molecular flexibility index (Phi) is 27.1. The maximum atomic E-state index is 12.7. The van der Waals surface area contributed by atoms with E-state index in [1.54, 1.807) is 0 Å². The van der Waals surface area contributed by atoms with E-state index < -0.39 is 45.3 Å². The number of carboxylic acid groups (broad SMARTS) is 2. The average molecular weight is 1260 g/mol. The predicted molar refractivity (Wildman–Crippen MR) is 328 cm³/mol. The van der Waals surface area contributed by atoms with Crippen LogP contribution in [0.2, 0.25) is 0 Å². The van der Waals surface area contributed by atoms with Crippen molar-refractivity contribution in [3.8, 4) is 5.75 Å². The molecule has 0 saturated carbocycles. The van der Waals surface area contributed by atoms with Crippen molar-refractivity contribution in [2.24, 2.45) is 0 Å². The number of ether oxygens (including phenoxy) is 1. The molecule has 0 aromatic heterocycles. The van der Waals surface area contributed by atoms with E-state index in [2.05, 4.69) is 137 Å². The van der Waals surface area contributed by atoms with Gasteiger partial charge in [0.05, 0.1) is 22.1 Å². The van der Waals surface area contributed by atoms with Gasteiger partial charge in [-0.2, -0.15) is 30.9 Å². The van der Waals surface area contributed by atoms with Gasteiger partial charge in [-0.3, -0.25) is 19.3 Å². The largest absolute Gasteiger partial charge is 0.748 e. The molecular formula is C64H82F6N6O11S. The molecular weight excluding hydrogens is 1170 g/mol. The molecule has 0 atom stereocenters. The number of unbranched alkanes of at least 4 members (excludes halogenated alkanes) is 6. The maximum Gasteiger partial charge on any atom is 0.490 e. The number of alkyl halides is 6. The molecule has 88 heavy (non-hydrogen) atoms. The molecule has 4 aromatic rings. The fourth-order valence-electron chi connectivity index (χ4n) is 10.8. The molecule has 0 spiro atoms. The monoisotopic (exact) mass is 1260 g/mol. The van der Waals surface area contributed by atoms with Gasteiger partial charge in [0.2, 0.25) is 11.6 Å². The van der Waals surface area contributed by atoms with Crippen LogP contribution in [0.4, 0.5) is 49.1 Å². The number of rotatable bonds is 30. The zero-order chi connectivity index (χ0) is 64.7. The van der Waals surface area contributed by atoms with Gasteiger partial charge in [-0.25, -0.2) is 18.0 Å². The van der Waals surface area contributed by atoms with E-state index in [4.69, 9.17) is 24.5 Å². The van der Waals surface area contributed by atoms with Crippen molar-refractivity contribution in [2.45, 2.75) is 147 Å². The van der Waals surface area contributed by atoms with Crippen molar-refractivity contribution < 1.29 is 73.2 Å². The van der Waals surface area contributed by atoms with E-state index in [1.807, 2.05) is 24.3 Å². The SMILES string of the molecule is CC1(C)C(/C=C/C=C/C=C2/N(CCCCS(=O)(=O)[O-])c3ccccc3C2(C)C)=[N+](CCCCCC(=O)NCCCCCCNc2c(NCCCOc3cccc(CN4CCCCC4)c3)c(=O)c2=O)c2ccccc21.O=C(O)C(F)(F)F.O=C(O)C(F)(F)F. The Morgan fingerprint density at radius 3 is 1.92 bits per heavy atom. The summed E-state index contributed by atoms with van der Waals surface area (Å²) in [6.07, 6.45) is 12.8. The van der Waals surface area contributed by atoms with Gasteiger partial charge in [-0.1, -0.05) is 99.9 Å². The number of hydrogen-bond donors (Lipinski definition) is 5. The number of carbonyl (C=O) groups is 3. The fourth-order valence-corrected chi connectivity index (χ4v) is 11.4. The van der Waals surface area contributed by atoms with Crippen LogP contribution in [0.25, 0.3) is 0 Å². The number of likely N-dealkylation sites (tertiary alicyclic amines) is 1. The minimum atomic E-state index is -5.08. The molecule has 1 amide bonds. The molecule has 1 fully saturated rings. The van der Waals surface area contributed by atoms with E-state index in [0.29, 0.717) is 69.8 Å². The first-order valence-corrected chi connectivity index (χ1v) is 31.3. The van der Waals surface area contributed by atoms with Crippen LogP contribution >= 0.6 is 0 Å². The lowest BCUT2D eigenvalue weighted by Crippen LogP contribution is -2.37. The summed E-state index contributed by atoms with van der Waals surface area (Å²) >= 11 is 0. The number of nitrogens with zero attached hydrogens (tertiary/aromatic N) is 3. The van der Waals surface area contributed by atoms with Crippen LogP contribution in [0.5, 0.6) is 5.75 Å². The number of halogens is 6. The van der Waals surface area contributed by atoms with Crippen molar-refractivity contribution in [3.05, 3.63) is 146 Å². The number of anilines is 3. The molecule has 7 rings (SSSR count). The summed E-state index contributed by atoms with van der Waals surface area (Å²) in [5, 5.41) is 23.7. The smallest absolute Gasteiger partial charge is 0.490 e. The Labute approximate surface area is 510 Å². The number of piperidine rings is 1. The number of carboxylic acids is 2. The zero-order valence-electron chi connectivity index (χ0n) is 50.4. The number of aliphatic carboxylic acids is 2. The van der Waals surface area contributed by atoms with E-state index >= 15 is 0 Å². The quantitative estimate of drug-likeness (QED) is 0.00815. The molecule has 1 saturated heterocycles. The summed E-state index contributed by atoms with van der Waals surface area (Å²) < 4.78 is 106. The highest BCUT2D eigenvalue weighted by Crippen LogP contribution is 2.48. The van der Waals surface area contributed by atoms with Crippen LogP contribution in [-0.4, -0.2) is 127 Å². The van der Waals surface area contributed by atoms with Crippen LogP contribution < -0.4 is 36.4 Å². The number of amides is 1. The lowest BCUT2D eigenvalue weighted by Gasteiger charge is -2.27. The third-order valence-corrected chi connectivity index (χ3v) is 16.2. The lowest BCUT2D eigenvalue weighted by molar-refractivity contribution is -0.438. The van der Waals surface area contributed by atoms with Crippen LogP contribution in [0.3, 0.4) is 0 Å². The van der Waals surface area contributed by atoms with Gasteiger partial charge in [0.1, 0.15) is 23.7 Å². The highest BCUT2D eigenvalue weighted by atomic mass is 32.2. The van der Waals surface area contributed by atoms with E-state index in [9.17, 15) is 53.7 Å². The number of hydrogen-bond acceptors (Lipinski definition) is 13. The van der Waals surface area contributed by atoms with Crippen LogP contribution in [0.15, 0.2) is 118 Å². The summed E-state index contributed by atoms with van der Waals surface area (Å²) in [5.74, 6) is -4.92. The molecule has 4 aromatic carbocycles. The Morgan fingerprint density at radius 2 is 1.28 bits per heavy atom. The Morgan fingerprint density at radius 1 is 0.693 bits per heavy atom. The van der Waals surface area contributed by atoms with Gasteiger partial charge in [0.15, 0.2) is 5.71 Å². The number of carbonyl (C=O) groups excluding carboxylic acids is 1. The molecule has 482 valence electrons. The molecule has 0 aliphatic carbocycles. The van der Waals surface area contributed by atoms with Crippen molar-refractivity contribution in [1.29, 1.82) is 0 Å². The summed E-state index contributed by atoms with van der Waals surface area (Å²) in [5.41, 5.74) is 7.85. The zero-order valence-corrected chi connectivity index (χ0v) is 51.2. The second-order valence-corrected chi connectivity index (χ2v) is 24.4. The van der Waals surface area contributed by atoms with E-state index in [1.165, 1.54) is 47.4 Å².